The van der Waals surface area contributed by atoms with Crippen molar-refractivity contribution in [1.29, 1.82) is 0 Å². The largest absolute Gasteiger partial charge is 0.507 e. The summed E-state index contributed by atoms with van der Waals surface area (Å²) in [6, 6.07) is 12.3. The fourth-order valence-electron chi connectivity index (χ4n) is 3.47. The van der Waals surface area contributed by atoms with Crippen molar-refractivity contribution in [2.75, 3.05) is 10.6 Å². The molecule has 0 aliphatic heterocycles. The standard InChI is InChI=1S/C22H24N2O3/c1-2-21(26)23-18-12-13-19(20(25)14-18)22(27)24-17-10-8-16(9-11-17)15-6-4-3-5-7-15/h2,8-15,25H,1,3-7H2,(H,23,26)(H,24,27). The minimum Gasteiger partial charge on any atom is -0.507 e. The van der Waals surface area contributed by atoms with Gasteiger partial charge in [0.2, 0.25) is 5.91 Å². The molecular weight excluding hydrogens is 340 g/mol. The molecule has 0 heterocycles. The molecule has 0 saturated heterocycles. The summed E-state index contributed by atoms with van der Waals surface area (Å²) in [6.07, 6.45) is 7.48. The SMILES string of the molecule is C=CC(=O)Nc1ccc(C(=O)Nc2ccc(C3CCCCC3)cc2)c(O)c1. The zero-order chi connectivity index (χ0) is 19.2. The Balaban J connectivity index is 1.66. The summed E-state index contributed by atoms with van der Waals surface area (Å²) in [5.74, 6) is -0.372. The Hall–Kier alpha value is -3.08. The van der Waals surface area contributed by atoms with Crippen LogP contribution in [0.5, 0.6) is 5.75 Å². The summed E-state index contributed by atoms with van der Waals surface area (Å²) >= 11 is 0. The number of aromatic hydroxyl groups is 1. The minimum atomic E-state index is -0.403. The molecule has 140 valence electrons. The average molecular weight is 364 g/mol. The number of hydrogen-bond acceptors (Lipinski definition) is 3. The second kappa shape index (κ2) is 8.54. The maximum Gasteiger partial charge on any atom is 0.259 e. The molecule has 2 aromatic carbocycles. The molecule has 1 saturated carbocycles. The van der Waals surface area contributed by atoms with Crippen LogP contribution in [-0.2, 0) is 4.79 Å². The summed E-state index contributed by atoms with van der Waals surface area (Å²) < 4.78 is 0. The van der Waals surface area contributed by atoms with Gasteiger partial charge in [-0.25, -0.2) is 0 Å². The maximum absolute atomic E-state index is 12.4. The first kappa shape index (κ1) is 18.7. The van der Waals surface area contributed by atoms with Crippen LogP contribution in [0.3, 0.4) is 0 Å². The highest BCUT2D eigenvalue weighted by molar-refractivity contribution is 6.07. The molecule has 1 aliphatic rings. The van der Waals surface area contributed by atoms with Crippen LogP contribution in [0.4, 0.5) is 11.4 Å². The van der Waals surface area contributed by atoms with Crippen LogP contribution in [0.1, 0.15) is 53.9 Å². The highest BCUT2D eigenvalue weighted by atomic mass is 16.3. The Kier molecular flexibility index (Phi) is 5.91. The van der Waals surface area contributed by atoms with Crippen LogP contribution >= 0.6 is 0 Å². The van der Waals surface area contributed by atoms with Gasteiger partial charge in [-0.3, -0.25) is 9.59 Å². The number of rotatable bonds is 5. The maximum atomic E-state index is 12.4. The molecule has 0 aromatic heterocycles. The van der Waals surface area contributed by atoms with E-state index in [0.717, 1.165) is 6.08 Å². The molecule has 0 unspecified atom stereocenters. The summed E-state index contributed by atoms with van der Waals surface area (Å²) in [5.41, 5.74) is 2.54. The Morgan fingerprint density at radius 3 is 2.26 bits per heavy atom. The van der Waals surface area contributed by atoms with Gasteiger partial charge in [-0.1, -0.05) is 38.0 Å². The van der Waals surface area contributed by atoms with Crippen molar-refractivity contribution < 1.29 is 14.7 Å². The van der Waals surface area contributed by atoms with Gasteiger partial charge in [0.15, 0.2) is 0 Å². The molecule has 0 spiro atoms. The van der Waals surface area contributed by atoms with Crippen molar-refractivity contribution in [3.8, 4) is 5.75 Å². The molecule has 1 aliphatic carbocycles. The van der Waals surface area contributed by atoms with E-state index >= 15 is 0 Å². The number of amides is 2. The summed E-state index contributed by atoms with van der Waals surface area (Å²) in [6.45, 7) is 3.37. The van der Waals surface area contributed by atoms with E-state index in [1.54, 1.807) is 6.07 Å². The Labute approximate surface area is 159 Å². The molecule has 5 heteroatoms. The molecular formula is C22H24N2O3. The van der Waals surface area contributed by atoms with Gasteiger partial charge in [0.1, 0.15) is 5.75 Å². The van der Waals surface area contributed by atoms with Gasteiger partial charge in [0.05, 0.1) is 5.56 Å². The van der Waals surface area contributed by atoms with E-state index in [4.69, 9.17) is 0 Å². The van der Waals surface area contributed by atoms with E-state index in [9.17, 15) is 14.7 Å². The third-order valence-corrected chi connectivity index (χ3v) is 4.94. The van der Waals surface area contributed by atoms with Gasteiger partial charge in [0.25, 0.3) is 5.91 Å². The Morgan fingerprint density at radius 1 is 0.963 bits per heavy atom. The molecule has 3 N–H and O–H groups in total. The monoisotopic (exact) mass is 364 g/mol. The normalized spacial score (nSPS) is 14.4. The van der Waals surface area contributed by atoms with Crippen LogP contribution < -0.4 is 10.6 Å². The summed E-state index contributed by atoms with van der Waals surface area (Å²) in [7, 11) is 0. The first-order chi connectivity index (χ1) is 13.1. The van der Waals surface area contributed by atoms with Gasteiger partial charge >= 0.3 is 0 Å². The second-order valence-electron chi connectivity index (χ2n) is 6.84. The average Bonchev–Trinajstić information content (AvgIpc) is 2.69. The van der Waals surface area contributed by atoms with Crippen LogP contribution in [-0.4, -0.2) is 16.9 Å². The van der Waals surface area contributed by atoms with E-state index in [1.807, 2.05) is 12.1 Å². The number of anilines is 2. The number of carbonyl (C=O) groups is 2. The highest BCUT2D eigenvalue weighted by Gasteiger charge is 2.16. The van der Waals surface area contributed by atoms with Crippen molar-refractivity contribution in [3.05, 3.63) is 66.2 Å². The Bertz CT molecular complexity index is 837. The second-order valence-corrected chi connectivity index (χ2v) is 6.84. The van der Waals surface area contributed by atoms with Crippen molar-refractivity contribution >= 4 is 23.2 Å². The zero-order valence-electron chi connectivity index (χ0n) is 15.2. The number of carbonyl (C=O) groups excluding carboxylic acids is 2. The van der Waals surface area contributed by atoms with E-state index in [1.165, 1.54) is 49.8 Å². The van der Waals surface area contributed by atoms with E-state index in [0.29, 0.717) is 17.3 Å². The van der Waals surface area contributed by atoms with Crippen LogP contribution in [0, 0.1) is 0 Å². The van der Waals surface area contributed by atoms with E-state index < -0.39 is 5.91 Å². The predicted molar refractivity (Wildman–Crippen MR) is 107 cm³/mol. The lowest BCUT2D eigenvalue weighted by molar-refractivity contribution is -0.111. The van der Waals surface area contributed by atoms with Crippen molar-refractivity contribution in [2.24, 2.45) is 0 Å². The molecule has 3 rings (SSSR count). The molecule has 1 fully saturated rings. The van der Waals surface area contributed by atoms with E-state index in [-0.39, 0.29) is 17.2 Å². The lowest BCUT2D eigenvalue weighted by Gasteiger charge is -2.22. The predicted octanol–water partition coefficient (Wildman–Crippen LogP) is 4.82. The lowest BCUT2D eigenvalue weighted by Crippen LogP contribution is -2.13. The molecule has 0 atom stereocenters. The van der Waals surface area contributed by atoms with Crippen LogP contribution in [0.25, 0.3) is 0 Å². The highest BCUT2D eigenvalue weighted by Crippen LogP contribution is 2.33. The first-order valence-electron chi connectivity index (χ1n) is 9.24. The molecule has 0 radical (unpaired) electrons. The van der Waals surface area contributed by atoms with Gasteiger partial charge in [-0.2, -0.15) is 0 Å². The minimum absolute atomic E-state index is 0.142. The van der Waals surface area contributed by atoms with Crippen LogP contribution in [0.15, 0.2) is 55.1 Å². The number of nitrogens with one attached hydrogen (secondary N) is 2. The van der Waals surface area contributed by atoms with Gasteiger partial charge < -0.3 is 15.7 Å². The smallest absolute Gasteiger partial charge is 0.259 e. The molecule has 0 bridgehead atoms. The number of phenols is 1. The van der Waals surface area contributed by atoms with Gasteiger partial charge in [0, 0.05) is 17.4 Å². The number of phenolic OH excluding ortho intramolecular Hbond substituents is 1. The molecule has 2 aromatic rings. The molecule has 27 heavy (non-hydrogen) atoms. The van der Waals surface area contributed by atoms with Crippen LogP contribution in [0.2, 0.25) is 0 Å². The third-order valence-electron chi connectivity index (χ3n) is 4.94. The van der Waals surface area contributed by atoms with Gasteiger partial charge in [-0.05, 0) is 54.7 Å². The topological polar surface area (TPSA) is 78.4 Å². The van der Waals surface area contributed by atoms with Crippen molar-refractivity contribution in [1.82, 2.24) is 0 Å². The van der Waals surface area contributed by atoms with Crippen molar-refractivity contribution in [3.63, 3.8) is 0 Å². The molecule has 2 amide bonds. The summed E-state index contributed by atoms with van der Waals surface area (Å²) in [5, 5.41) is 15.4. The lowest BCUT2D eigenvalue weighted by atomic mass is 9.84. The van der Waals surface area contributed by atoms with Gasteiger partial charge in [-0.15, -0.1) is 0 Å². The summed E-state index contributed by atoms with van der Waals surface area (Å²) in [4.78, 5) is 23.7. The number of hydrogen-bond donors (Lipinski definition) is 3. The number of benzene rings is 2. The fourth-order valence-corrected chi connectivity index (χ4v) is 3.47. The quantitative estimate of drug-likeness (QED) is 0.666. The first-order valence-corrected chi connectivity index (χ1v) is 9.24. The zero-order valence-corrected chi connectivity index (χ0v) is 15.2. The Morgan fingerprint density at radius 2 is 1.63 bits per heavy atom. The van der Waals surface area contributed by atoms with E-state index in [2.05, 4.69) is 29.3 Å². The third kappa shape index (κ3) is 4.76. The molecule has 5 nitrogen and oxygen atoms in total. The fraction of sp³-hybridized carbons (Fsp3) is 0.273. The van der Waals surface area contributed by atoms with Crippen molar-refractivity contribution in [2.45, 2.75) is 38.0 Å².